The maximum Gasteiger partial charge on any atom is 0.323 e. The molecular formula is C11H12ClNO2. The van der Waals surface area contributed by atoms with Crippen LogP contribution < -0.4 is 0 Å². The minimum atomic E-state index is -0.841. The number of nitrogens with zero attached hydrogens (tertiary/aromatic N) is 1. The van der Waals surface area contributed by atoms with E-state index in [1.807, 2.05) is 19.1 Å². The molecule has 1 heterocycles. The molecule has 4 heteroatoms. The molecule has 15 heavy (non-hydrogen) atoms. The fourth-order valence-corrected chi connectivity index (χ4v) is 2.34. The van der Waals surface area contributed by atoms with Crippen LogP contribution in [0.15, 0.2) is 12.1 Å². The summed E-state index contributed by atoms with van der Waals surface area (Å²) < 4.78 is 1.76. The zero-order chi connectivity index (χ0) is 11.0. The molecule has 0 bridgehead atoms. The third-order valence-corrected chi connectivity index (χ3v) is 2.97. The Kier molecular flexibility index (Phi) is 2.57. The normalized spacial score (nSPS) is 14.7. The Morgan fingerprint density at radius 3 is 3.07 bits per heavy atom. The van der Waals surface area contributed by atoms with Gasteiger partial charge in [-0.15, -0.1) is 0 Å². The van der Waals surface area contributed by atoms with Crippen LogP contribution in [0.1, 0.15) is 23.4 Å². The highest BCUT2D eigenvalue weighted by Gasteiger charge is 2.19. The molecular weight excluding hydrogens is 214 g/mol. The molecule has 0 saturated carbocycles. The third kappa shape index (κ3) is 1.79. The molecule has 1 N–H and O–H groups in total. The molecule has 0 aromatic carbocycles. The predicted octanol–water partition coefficient (Wildman–Crippen LogP) is 2.41. The number of hydrogen-bond acceptors (Lipinski definition) is 1. The van der Waals surface area contributed by atoms with Crippen LogP contribution in [0.2, 0.25) is 0 Å². The Morgan fingerprint density at radius 1 is 1.67 bits per heavy atom. The maximum atomic E-state index is 10.7. The molecule has 0 aliphatic heterocycles. The van der Waals surface area contributed by atoms with E-state index in [9.17, 15) is 4.79 Å². The lowest BCUT2D eigenvalue weighted by Crippen LogP contribution is -2.13. The summed E-state index contributed by atoms with van der Waals surface area (Å²) in [5, 5.41) is 9.49. The van der Waals surface area contributed by atoms with E-state index in [1.165, 1.54) is 0 Å². The largest absolute Gasteiger partial charge is 0.480 e. The van der Waals surface area contributed by atoms with Gasteiger partial charge in [0.1, 0.15) is 6.54 Å². The van der Waals surface area contributed by atoms with Crippen LogP contribution in [-0.2, 0) is 17.8 Å². The first-order valence-corrected chi connectivity index (χ1v) is 5.24. The number of halogens is 1. The Labute approximate surface area is 93.0 Å². The van der Waals surface area contributed by atoms with E-state index in [0.717, 1.165) is 29.8 Å². The molecule has 0 saturated heterocycles. The molecule has 2 rings (SSSR count). The lowest BCUT2D eigenvalue weighted by Gasteiger charge is -2.13. The summed E-state index contributed by atoms with van der Waals surface area (Å²) in [6, 6.07) is 2.02. The van der Waals surface area contributed by atoms with Gasteiger partial charge in [-0.1, -0.05) is 17.7 Å². The molecule has 0 amide bonds. The minimum absolute atomic E-state index is 0.0226. The minimum Gasteiger partial charge on any atom is -0.480 e. The molecule has 1 aromatic heterocycles. The van der Waals surface area contributed by atoms with E-state index in [2.05, 4.69) is 0 Å². The van der Waals surface area contributed by atoms with Crippen LogP contribution in [-0.4, -0.2) is 15.6 Å². The van der Waals surface area contributed by atoms with Gasteiger partial charge >= 0.3 is 5.97 Å². The summed E-state index contributed by atoms with van der Waals surface area (Å²) >= 11 is 6.10. The van der Waals surface area contributed by atoms with Crippen molar-refractivity contribution in [3.8, 4) is 0 Å². The number of carbonyl (C=O) groups is 1. The van der Waals surface area contributed by atoms with Crippen molar-refractivity contribution >= 4 is 22.6 Å². The van der Waals surface area contributed by atoms with E-state index in [0.29, 0.717) is 5.03 Å². The predicted molar refractivity (Wildman–Crippen MR) is 59.0 cm³/mol. The topological polar surface area (TPSA) is 42.2 Å². The first-order valence-electron chi connectivity index (χ1n) is 4.86. The van der Waals surface area contributed by atoms with Crippen LogP contribution in [0.4, 0.5) is 0 Å². The number of carboxylic acids is 1. The van der Waals surface area contributed by atoms with Gasteiger partial charge in [0, 0.05) is 5.69 Å². The Hall–Kier alpha value is -1.22. The number of fused-ring (bicyclic) bond motifs is 1. The van der Waals surface area contributed by atoms with Crippen LogP contribution >= 0.6 is 11.6 Å². The number of aliphatic carboxylic acids is 1. The van der Waals surface area contributed by atoms with Crippen molar-refractivity contribution in [2.75, 3.05) is 0 Å². The monoisotopic (exact) mass is 225 g/mol. The molecule has 0 radical (unpaired) electrons. The molecule has 0 unspecified atom stereocenters. The zero-order valence-electron chi connectivity index (χ0n) is 8.46. The highest BCUT2D eigenvalue weighted by atomic mass is 35.5. The summed E-state index contributed by atoms with van der Waals surface area (Å²) in [6.45, 7) is 1.89. The Balaban J connectivity index is 2.51. The van der Waals surface area contributed by atoms with Crippen molar-refractivity contribution in [2.45, 2.75) is 26.3 Å². The number of aryl methyl sites for hydroxylation is 2. The first kappa shape index (κ1) is 10.3. The lowest BCUT2D eigenvalue weighted by molar-refractivity contribution is -0.137. The second-order valence-corrected chi connectivity index (χ2v) is 4.14. The Morgan fingerprint density at radius 2 is 2.40 bits per heavy atom. The van der Waals surface area contributed by atoms with E-state index in [4.69, 9.17) is 16.7 Å². The molecule has 1 aromatic rings. The average Bonchev–Trinajstić information content (AvgIpc) is 2.43. The van der Waals surface area contributed by atoms with Crippen molar-refractivity contribution < 1.29 is 9.90 Å². The van der Waals surface area contributed by atoms with Gasteiger partial charge in [-0.25, -0.2) is 0 Å². The number of allylic oxidation sites excluding steroid dienone is 1. The summed E-state index contributed by atoms with van der Waals surface area (Å²) in [5.74, 6) is -0.841. The molecule has 1 aliphatic carbocycles. The van der Waals surface area contributed by atoms with Gasteiger partial charge in [0.2, 0.25) is 0 Å². The Bertz CT molecular complexity index is 446. The van der Waals surface area contributed by atoms with Gasteiger partial charge in [0.15, 0.2) is 0 Å². The second-order valence-electron chi connectivity index (χ2n) is 3.73. The van der Waals surface area contributed by atoms with E-state index in [-0.39, 0.29) is 6.54 Å². The molecule has 1 aliphatic rings. The highest BCUT2D eigenvalue weighted by molar-refractivity contribution is 6.48. The van der Waals surface area contributed by atoms with Crippen molar-refractivity contribution in [2.24, 2.45) is 0 Å². The second kappa shape index (κ2) is 3.74. The molecule has 0 atom stereocenters. The van der Waals surface area contributed by atoms with E-state index >= 15 is 0 Å². The molecule has 3 nitrogen and oxygen atoms in total. The summed E-state index contributed by atoms with van der Waals surface area (Å²) in [4.78, 5) is 10.7. The summed E-state index contributed by atoms with van der Waals surface area (Å²) in [7, 11) is 0. The SMILES string of the molecule is Cc1cc2c(n1CC(=O)O)C(Cl)=CCC2. The van der Waals surface area contributed by atoms with Crippen molar-refractivity contribution in [1.29, 1.82) is 0 Å². The highest BCUT2D eigenvalue weighted by Crippen LogP contribution is 2.31. The molecule has 0 fully saturated rings. The van der Waals surface area contributed by atoms with Crippen molar-refractivity contribution in [3.63, 3.8) is 0 Å². The smallest absolute Gasteiger partial charge is 0.323 e. The fraction of sp³-hybridized carbons (Fsp3) is 0.364. The van der Waals surface area contributed by atoms with Crippen LogP contribution in [0.5, 0.6) is 0 Å². The van der Waals surface area contributed by atoms with Gasteiger partial charge in [0.25, 0.3) is 0 Å². The van der Waals surface area contributed by atoms with Gasteiger partial charge in [0.05, 0.1) is 10.7 Å². The fourth-order valence-electron chi connectivity index (χ4n) is 2.01. The number of hydrogen-bond donors (Lipinski definition) is 1. The summed E-state index contributed by atoms with van der Waals surface area (Å²) in [6.07, 6.45) is 3.82. The summed E-state index contributed by atoms with van der Waals surface area (Å²) in [5.41, 5.74) is 2.99. The van der Waals surface area contributed by atoms with E-state index in [1.54, 1.807) is 4.57 Å². The number of rotatable bonds is 2. The lowest BCUT2D eigenvalue weighted by atomic mass is 10.0. The first-order chi connectivity index (χ1) is 7.09. The van der Waals surface area contributed by atoms with Crippen molar-refractivity contribution in [1.82, 2.24) is 4.57 Å². The van der Waals surface area contributed by atoms with Crippen LogP contribution in [0.3, 0.4) is 0 Å². The van der Waals surface area contributed by atoms with Crippen LogP contribution in [0.25, 0.3) is 5.03 Å². The number of aromatic nitrogens is 1. The molecule has 0 spiro atoms. The van der Waals surface area contributed by atoms with Crippen LogP contribution in [0, 0.1) is 6.92 Å². The maximum absolute atomic E-state index is 10.7. The zero-order valence-corrected chi connectivity index (χ0v) is 9.21. The van der Waals surface area contributed by atoms with Gasteiger partial charge in [-0.05, 0) is 31.4 Å². The number of carboxylic acid groups (broad SMARTS) is 1. The van der Waals surface area contributed by atoms with Gasteiger partial charge < -0.3 is 9.67 Å². The standard InChI is InChI=1S/C11H12ClNO2/c1-7-5-8-3-2-4-9(12)11(8)13(7)6-10(14)15/h4-5H,2-3,6H2,1H3,(H,14,15). The van der Waals surface area contributed by atoms with Gasteiger partial charge in [-0.3, -0.25) is 4.79 Å². The third-order valence-electron chi connectivity index (χ3n) is 2.64. The quantitative estimate of drug-likeness (QED) is 0.840. The van der Waals surface area contributed by atoms with Gasteiger partial charge in [-0.2, -0.15) is 0 Å². The van der Waals surface area contributed by atoms with E-state index < -0.39 is 5.97 Å². The molecule has 80 valence electrons. The van der Waals surface area contributed by atoms with Crippen molar-refractivity contribution in [3.05, 3.63) is 29.1 Å². The average molecular weight is 226 g/mol.